The maximum Gasteiger partial charge on any atom is 0.0259 e. The van der Waals surface area contributed by atoms with Crippen LogP contribution in [-0.2, 0) is 0 Å². The van der Waals surface area contributed by atoms with Gasteiger partial charge in [-0.25, -0.2) is 5.84 Å². The van der Waals surface area contributed by atoms with Gasteiger partial charge in [0.2, 0.25) is 0 Å². The zero-order valence-electron chi connectivity index (χ0n) is 7.89. The van der Waals surface area contributed by atoms with E-state index in [2.05, 4.69) is 20.4 Å². The van der Waals surface area contributed by atoms with Gasteiger partial charge in [0, 0.05) is 12.7 Å². The molecule has 0 aromatic rings. The first-order valence-corrected chi connectivity index (χ1v) is 3.80. The van der Waals surface area contributed by atoms with E-state index in [0.29, 0.717) is 5.92 Å². The monoisotopic (exact) mass is 154 g/mol. The molecule has 0 aliphatic heterocycles. The minimum absolute atomic E-state index is 0.491. The third-order valence-electron chi connectivity index (χ3n) is 1.69. The van der Waals surface area contributed by atoms with Gasteiger partial charge in [0.05, 0.1) is 0 Å². The topological polar surface area (TPSA) is 29.3 Å². The van der Waals surface area contributed by atoms with Gasteiger partial charge in [-0.05, 0) is 18.9 Å². The van der Waals surface area contributed by atoms with Crippen molar-refractivity contribution in [2.45, 2.75) is 20.8 Å². The second-order valence-corrected chi connectivity index (χ2v) is 3.13. The van der Waals surface area contributed by atoms with Crippen LogP contribution in [-0.4, -0.2) is 12.1 Å². The Morgan fingerprint density at radius 1 is 1.55 bits per heavy atom. The van der Waals surface area contributed by atoms with E-state index in [4.69, 9.17) is 5.84 Å². The molecule has 0 amide bonds. The van der Waals surface area contributed by atoms with Crippen molar-refractivity contribution in [3.8, 4) is 0 Å². The van der Waals surface area contributed by atoms with Gasteiger partial charge in [0.1, 0.15) is 0 Å². The molecule has 11 heavy (non-hydrogen) atoms. The smallest absolute Gasteiger partial charge is 0.0259 e. The molecule has 0 aromatic heterocycles. The molecule has 0 spiro atoms. The Morgan fingerprint density at radius 3 is 2.27 bits per heavy atom. The molecule has 0 atom stereocenters. The SMILES string of the molecule is C=C(/C=C(/C)N(C)N)C(C)C. The van der Waals surface area contributed by atoms with Gasteiger partial charge in [0.15, 0.2) is 0 Å². The van der Waals surface area contributed by atoms with Crippen molar-refractivity contribution in [2.24, 2.45) is 11.8 Å². The van der Waals surface area contributed by atoms with E-state index in [0.717, 1.165) is 11.3 Å². The number of nitrogens with two attached hydrogens (primary N) is 1. The zero-order valence-corrected chi connectivity index (χ0v) is 7.89. The molecule has 0 rings (SSSR count). The minimum atomic E-state index is 0.491. The molecule has 2 nitrogen and oxygen atoms in total. The summed E-state index contributed by atoms with van der Waals surface area (Å²) in [5.74, 6) is 6.00. The minimum Gasteiger partial charge on any atom is -0.318 e. The molecular formula is C9H18N2. The lowest BCUT2D eigenvalue weighted by Crippen LogP contribution is -2.23. The van der Waals surface area contributed by atoms with Gasteiger partial charge in [-0.1, -0.05) is 26.0 Å². The summed E-state index contributed by atoms with van der Waals surface area (Å²) in [5, 5.41) is 1.59. The van der Waals surface area contributed by atoms with Gasteiger partial charge in [-0.2, -0.15) is 0 Å². The Labute approximate surface area is 69.3 Å². The van der Waals surface area contributed by atoms with Crippen molar-refractivity contribution in [1.29, 1.82) is 0 Å². The van der Waals surface area contributed by atoms with E-state index < -0.39 is 0 Å². The summed E-state index contributed by atoms with van der Waals surface area (Å²) >= 11 is 0. The van der Waals surface area contributed by atoms with Crippen LogP contribution in [0.25, 0.3) is 0 Å². The number of hydrazine groups is 1. The van der Waals surface area contributed by atoms with Gasteiger partial charge in [0.25, 0.3) is 0 Å². The maximum atomic E-state index is 5.51. The lowest BCUT2D eigenvalue weighted by molar-refractivity contribution is 0.441. The average Bonchev–Trinajstić information content (AvgIpc) is 1.87. The molecule has 0 aliphatic carbocycles. The lowest BCUT2D eigenvalue weighted by Gasteiger charge is -2.13. The fourth-order valence-electron chi connectivity index (χ4n) is 0.537. The highest BCUT2D eigenvalue weighted by molar-refractivity contribution is 5.19. The molecular weight excluding hydrogens is 136 g/mol. The Kier molecular flexibility index (Phi) is 3.90. The van der Waals surface area contributed by atoms with E-state index in [1.54, 1.807) is 5.01 Å². The standard InChI is InChI=1S/C9H18N2/c1-7(2)8(3)6-9(4)11(5)10/h6-7H,3,10H2,1-2,4-5H3/b9-6-. The predicted octanol–water partition coefficient (Wildman–Crippen LogP) is 1.91. The Balaban J connectivity index is 4.20. The normalized spacial score (nSPS) is 12.0. The van der Waals surface area contributed by atoms with E-state index in [9.17, 15) is 0 Å². The number of nitrogens with zero attached hydrogens (tertiary/aromatic N) is 1. The van der Waals surface area contributed by atoms with Gasteiger partial charge < -0.3 is 5.01 Å². The Bertz CT molecular complexity index is 166. The molecule has 0 unspecified atom stereocenters. The van der Waals surface area contributed by atoms with Crippen molar-refractivity contribution in [3.05, 3.63) is 23.9 Å². The summed E-state index contributed by atoms with van der Waals surface area (Å²) in [4.78, 5) is 0. The Morgan fingerprint density at radius 2 is 2.00 bits per heavy atom. The fraction of sp³-hybridized carbons (Fsp3) is 0.556. The number of hydrogen-bond donors (Lipinski definition) is 1. The van der Waals surface area contributed by atoms with Gasteiger partial charge in [-0.15, -0.1) is 0 Å². The van der Waals surface area contributed by atoms with Crippen LogP contribution in [0.3, 0.4) is 0 Å². The first-order chi connectivity index (χ1) is 4.95. The number of allylic oxidation sites excluding steroid dienone is 3. The van der Waals surface area contributed by atoms with Crippen LogP contribution in [0.4, 0.5) is 0 Å². The molecule has 0 saturated heterocycles. The molecule has 0 bridgehead atoms. The third-order valence-corrected chi connectivity index (χ3v) is 1.69. The van der Waals surface area contributed by atoms with Crippen molar-refractivity contribution in [1.82, 2.24) is 5.01 Å². The van der Waals surface area contributed by atoms with E-state index >= 15 is 0 Å². The average molecular weight is 154 g/mol. The van der Waals surface area contributed by atoms with Crippen LogP contribution in [0.5, 0.6) is 0 Å². The highest BCUT2D eigenvalue weighted by Crippen LogP contribution is 2.10. The van der Waals surface area contributed by atoms with Crippen LogP contribution >= 0.6 is 0 Å². The first-order valence-electron chi connectivity index (χ1n) is 3.80. The molecule has 2 heteroatoms. The third kappa shape index (κ3) is 3.83. The molecule has 2 N–H and O–H groups in total. The van der Waals surface area contributed by atoms with E-state index in [1.165, 1.54) is 0 Å². The summed E-state index contributed by atoms with van der Waals surface area (Å²) in [6.07, 6.45) is 2.00. The predicted molar refractivity (Wildman–Crippen MR) is 49.7 cm³/mol. The summed E-state index contributed by atoms with van der Waals surface area (Å²) < 4.78 is 0. The van der Waals surface area contributed by atoms with E-state index in [1.807, 2.05) is 20.0 Å². The number of rotatable bonds is 3. The van der Waals surface area contributed by atoms with Crippen molar-refractivity contribution < 1.29 is 0 Å². The van der Waals surface area contributed by atoms with E-state index in [-0.39, 0.29) is 0 Å². The van der Waals surface area contributed by atoms with Gasteiger partial charge >= 0.3 is 0 Å². The highest BCUT2D eigenvalue weighted by Gasteiger charge is 1.98. The zero-order chi connectivity index (χ0) is 9.02. The maximum absolute atomic E-state index is 5.51. The molecule has 0 radical (unpaired) electrons. The summed E-state index contributed by atoms with van der Waals surface area (Å²) in [6.45, 7) is 10.1. The lowest BCUT2D eigenvalue weighted by atomic mass is 10.0. The largest absolute Gasteiger partial charge is 0.318 e. The molecule has 64 valence electrons. The molecule has 0 aliphatic rings. The fourth-order valence-corrected chi connectivity index (χ4v) is 0.537. The summed E-state index contributed by atoms with van der Waals surface area (Å²) in [6, 6.07) is 0. The summed E-state index contributed by atoms with van der Waals surface area (Å²) in [5.41, 5.74) is 2.14. The molecule has 0 saturated carbocycles. The number of hydrogen-bond acceptors (Lipinski definition) is 2. The second-order valence-electron chi connectivity index (χ2n) is 3.13. The molecule has 0 aromatic carbocycles. The van der Waals surface area contributed by atoms with Crippen molar-refractivity contribution in [3.63, 3.8) is 0 Å². The molecule has 0 fully saturated rings. The van der Waals surface area contributed by atoms with Crippen LogP contribution in [0, 0.1) is 5.92 Å². The van der Waals surface area contributed by atoms with Crippen molar-refractivity contribution >= 4 is 0 Å². The summed E-state index contributed by atoms with van der Waals surface area (Å²) in [7, 11) is 1.82. The van der Waals surface area contributed by atoms with Crippen LogP contribution < -0.4 is 5.84 Å². The molecule has 0 heterocycles. The van der Waals surface area contributed by atoms with Gasteiger partial charge in [-0.3, -0.25) is 0 Å². The first kappa shape index (κ1) is 10.2. The van der Waals surface area contributed by atoms with Crippen LogP contribution in [0.2, 0.25) is 0 Å². The Hall–Kier alpha value is -0.760. The van der Waals surface area contributed by atoms with Crippen molar-refractivity contribution in [2.75, 3.05) is 7.05 Å². The highest BCUT2D eigenvalue weighted by atomic mass is 15.4. The van der Waals surface area contributed by atoms with Crippen LogP contribution in [0.15, 0.2) is 23.9 Å². The van der Waals surface area contributed by atoms with Crippen LogP contribution in [0.1, 0.15) is 20.8 Å². The second kappa shape index (κ2) is 4.19. The quantitative estimate of drug-likeness (QED) is 0.382.